The van der Waals surface area contributed by atoms with Gasteiger partial charge in [0.15, 0.2) is 5.65 Å². The normalized spacial score (nSPS) is 18.3. The van der Waals surface area contributed by atoms with Gasteiger partial charge in [0, 0.05) is 65.2 Å². The Labute approximate surface area is 192 Å². The van der Waals surface area contributed by atoms with E-state index < -0.39 is 12.1 Å². The van der Waals surface area contributed by atoms with E-state index in [1.165, 1.54) is 4.40 Å². The second-order valence-corrected chi connectivity index (χ2v) is 7.92. The molecule has 0 spiro atoms. The smallest absolute Gasteiger partial charge is 0.475 e. The fraction of sp³-hybridized carbons (Fsp3) is 0.600. The maximum absolute atomic E-state index is 12.8. The molecule has 14 heteroatoms. The van der Waals surface area contributed by atoms with Crippen LogP contribution in [0.2, 0.25) is 0 Å². The molecule has 2 aliphatic heterocycles. The van der Waals surface area contributed by atoms with Crippen molar-refractivity contribution in [2.75, 3.05) is 65.6 Å². The third-order valence-electron chi connectivity index (χ3n) is 5.61. The minimum atomic E-state index is -5.08. The third kappa shape index (κ3) is 7.01. The van der Waals surface area contributed by atoms with Crippen molar-refractivity contribution in [3.63, 3.8) is 0 Å². The van der Waals surface area contributed by atoms with Crippen molar-refractivity contribution >= 4 is 17.5 Å². The highest BCUT2D eigenvalue weighted by Crippen LogP contribution is 2.13. The van der Waals surface area contributed by atoms with E-state index in [4.69, 9.17) is 14.6 Å². The molecule has 11 nitrogen and oxygen atoms in total. The molecule has 0 aliphatic carbocycles. The molecular formula is C20H27F3N6O5. The SMILES string of the molecule is O=C(O)C(F)(F)F.O=C(c1ccc2n[nH]c(=O)n2c1)N1CCN(CCN2CCCOCC2)CC1. The van der Waals surface area contributed by atoms with Gasteiger partial charge in [0.1, 0.15) is 0 Å². The number of pyridine rings is 1. The summed E-state index contributed by atoms with van der Waals surface area (Å²) in [6, 6.07) is 3.41. The van der Waals surface area contributed by atoms with Crippen molar-refractivity contribution in [3.8, 4) is 0 Å². The van der Waals surface area contributed by atoms with Crippen molar-refractivity contribution in [1.82, 2.24) is 29.3 Å². The van der Waals surface area contributed by atoms with Crippen LogP contribution < -0.4 is 5.69 Å². The predicted octanol–water partition coefficient (Wildman–Crippen LogP) is 0.136. The standard InChI is InChI=1S/C18H26N6O3.C2HF3O2/c25-17(15-2-3-16-19-20-18(26)24(16)14-15)23-9-7-22(8-10-23)6-5-21-4-1-12-27-13-11-21;3-2(4,5)1(6)7/h2-3,14H,1,4-13H2,(H,20,26);(H,6,7). The van der Waals surface area contributed by atoms with Crippen molar-refractivity contribution in [2.45, 2.75) is 12.6 Å². The molecule has 2 fully saturated rings. The van der Waals surface area contributed by atoms with E-state index in [1.807, 2.05) is 4.90 Å². The average Bonchev–Trinajstić information content (AvgIpc) is 3.00. The zero-order valence-electron chi connectivity index (χ0n) is 18.5. The number of carboxylic acids is 1. The lowest BCUT2D eigenvalue weighted by atomic mass is 10.2. The van der Waals surface area contributed by atoms with Crippen LogP contribution in [0, 0.1) is 0 Å². The molecule has 2 aromatic heterocycles. The van der Waals surface area contributed by atoms with Gasteiger partial charge in [-0.05, 0) is 18.6 Å². The maximum atomic E-state index is 12.8. The highest BCUT2D eigenvalue weighted by Gasteiger charge is 2.38. The van der Waals surface area contributed by atoms with Gasteiger partial charge in [-0.15, -0.1) is 0 Å². The number of aromatic amines is 1. The number of hydrogen-bond acceptors (Lipinski definition) is 7. The zero-order valence-corrected chi connectivity index (χ0v) is 18.5. The Hall–Kier alpha value is -2.97. The summed E-state index contributed by atoms with van der Waals surface area (Å²) >= 11 is 0. The Kier molecular flexibility index (Phi) is 8.63. The van der Waals surface area contributed by atoms with Gasteiger partial charge in [0.05, 0.1) is 12.2 Å². The minimum absolute atomic E-state index is 0.0330. The number of halogens is 3. The van der Waals surface area contributed by atoms with Gasteiger partial charge in [-0.3, -0.25) is 14.6 Å². The summed E-state index contributed by atoms with van der Waals surface area (Å²) < 4.78 is 38.6. The molecule has 2 N–H and O–H groups in total. The van der Waals surface area contributed by atoms with E-state index in [-0.39, 0.29) is 11.6 Å². The Bertz CT molecular complexity index is 1020. The molecule has 4 rings (SSSR count). The van der Waals surface area contributed by atoms with E-state index in [0.29, 0.717) is 24.3 Å². The molecule has 2 saturated heterocycles. The van der Waals surface area contributed by atoms with Crippen LogP contribution in [-0.2, 0) is 9.53 Å². The number of piperazine rings is 1. The molecule has 0 radical (unpaired) electrons. The van der Waals surface area contributed by atoms with E-state index >= 15 is 0 Å². The maximum Gasteiger partial charge on any atom is 0.490 e. The first-order valence-corrected chi connectivity index (χ1v) is 10.8. The number of rotatable bonds is 4. The summed E-state index contributed by atoms with van der Waals surface area (Å²) in [5, 5.41) is 13.4. The summed E-state index contributed by atoms with van der Waals surface area (Å²) in [4.78, 5) is 40.1. The minimum Gasteiger partial charge on any atom is -0.475 e. The molecule has 0 saturated carbocycles. The number of ether oxygens (including phenoxy) is 1. The summed E-state index contributed by atoms with van der Waals surface area (Å²) in [6.07, 6.45) is -2.41. The van der Waals surface area contributed by atoms with Crippen LogP contribution in [0.1, 0.15) is 16.8 Å². The van der Waals surface area contributed by atoms with Crippen molar-refractivity contribution in [1.29, 1.82) is 0 Å². The van der Waals surface area contributed by atoms with Crippen LogP contribution in [0.4, 0.5) is 13.2 Å². The second-order valence-electron chi connectivity index (χ2n) is 7.92. The predicted molar refractivity (Wildman–Crippen MR) is 114 cm³/mol. The van der Waals surface area contributed by atoms with Crippen molar-refractivity contribution < 1.29 is 32.6 Å². The van der Waals surface area contributed by atoms with Crippen LogP contribution in [0.3, 0.4) is 0 Å². The number of amides is 1. The Morgan fingerprint density at radius 3 is 2.32 bits per heavy atom. The van der Waals surface area contributed by atoms with E-state index in [9.17, 15) is 22.8 Å². The first-order valence-electron chi connectivity index (χ1n) is 10.8. The fourth-order valence-corrected chi connectivity index (χ4v) is 3.69. The number of carbonyl (C=O) groups is 2. The van der Waals surface area contributed by atoms with Gasteiger partial charge in [0.2, 0.25) is 0 Å². The summed E-state index contributed by atoms with van der Waals surface area (Å²) in [5.74, 6) is -2.79. The van der Waals surface area contributed by atoms with Crippen LogP contribution in [0.5, 0.6) is 0 Å². The molecule has 34 heavy (non-hydrogen) atoms. The number of alkyl halides is 3. The van der Waals surface area contributed by atoms with E-state index in [1.54, 1.807) is 18.3 Å². The summed E-state index contributed by atoms with van der Waals surface area (Å²) in [6.45, 7) is 9.06. The average molecular weight is 488 g/mol. The summed E-state index contributed by atoms with van der Waals surface area (Å²) in [7, 11) is 0. The highest BCUT2D eigenvalue weighted by molar-refractivity contribution is 5.94. The number of carboxylic acid groups (broad SMARTS) is 1. The number of H-pyrrole nitrogens is 1. The van der Waals surface area contributed by atoms with Crippen LogP contribution in [0.15, 0.2) is 23.1 Å². The molecule has 1 amide bonds. The molecule has 4 heterocycles. The first-order chi connectivity index (χ1) is 16.1. The van der Waals surface area contributed by atoms with Gasteiger partial charge >= 0.3 is 17.8 Å². The van der Waals surface area contributed by atoms with Crippen LogP contribution >= 0.6 is 0 Å². The van der Waals surface area contributed by atoms with Crippen molar-refractivity contribution in [2.24, 2.45) is 0 Å². The van der Waals surface area contributed by atoms with Gasteiger partial charge in [-0.25, -0.2) is 19.1 Å². The number of aromatic nitrogens is 3. The topological polar surface area (TPSA) is 123 Å². The first kappa shape index (κ1) is 25.6. The molecule has 0 aromatic carbocycles. The zero-order chi connectivity index (χ0) is 24.7. The molecule has 188 valence electrons. The molecular weight excluding hydrogens is 461 g/mol. The number of nitrogens with zero attached hydrogens (tertiary/aromatic N) is 5. The molecule has 2 aliphatic rings. The number of hydrogen-bond donors (Lipinski definition) is 2. The van der Waals surface area contributed by atoms with Gasteiger partial charge in [-0.1, -0.05) is 0 Å². The quantitative estimate of drug-likeness (QED) is 0.623. The lowest BCUT2D eigenvalue weighted by Gasteiger charge is -2.35. The molecule has 0 bridgehead atoms. The Balaban J connectivity index is 0.000000406. The van der Waals surface area contributed by atoms with Crippen molar-refractivity contribution in [3.05, 3.63) is 34.4 Å². The lowest BCUT2D eigenvalue weighted by molar-refractivity contribution is -0.192. The third-order valence-corrected chi connectivity index (χ3v) is 5.61. The monoisotopic (exact) mass is 488 g/mol. The molecule has 0 unspecified atom stereocenters. The number of carbonyl (C=O) groups excluding carboxylic acids is 1. The van der Waals surface area contributed by atoms with Crippen LogP contribution in [-0.4, -0.2) is 118 Å². The van der Waals surface area contributed by atoms with Gasteiger partial charge < -0.3 is 14.7 Å². The highest BCUT2D eigenvalue weighted by atomic mass is 19.4. The Morgan fingerprint density at radius 2 is 1.68 bits per heavy atom. The number of fused-ring (bicyclic) bond motifs is 1. The number of nitrogens with one attached hydrogen (secondary N) is 1. The summed E-state index contributed by atoms with van der Waals surface area (Å²) in [5.41, 5.74) is 0.702. The second kappa shape index (κ2) is 11.4. The number of aliphatic carboxylic acids is 1. The largest absolute Gasteiger partial charge is 0.490 e. The van der Waals surface area contributed by atoms with Gasteiger partial charge in [0.25, 0.3) is 5.91 Å². The molecule has 0 atom stereocenters. The van der Waals surface area contributed by atoms with Crippen LogP contribution in [0.25, 0.3) is 5.65 Å². The van der Waals surface area contributed by atoms with E-state index in [0.717, 1.165) is 58.9 Å². The van der Waals surface area contributed by atoms with Gasteiger partial charge in [-0.2, -0.15) is 18.3 Å². The molecule has 2 aromatic rings. The Morgan fingerprint density at radius 1 is 1.03 bits per heavy atom. The fourth-order valence-electron chi connectivity index (χ4n) is 3.69. The van der Waals surface area contributed by atoms with E-state index in [2.05, 4.69) is 20.0 Å². The lowest BCUT2D eigenvalue weighted by Crippen LogP contribution is -2.50.